The standard InChI is InChI=1S/C14H17N5O3S/c1-19-12(9-4-5-9)17-18-14(19)23-8-11(20)16-13(21)15-7-10-3-2-6-22-10/h2-3,6,9H,4-5,7-8H2,1H3,(H2,15,16,20,21). The predicted octanol–water partition coefficient (Wildman–Crippen LogP) is 1.40. The zero-order valence-electron chi connectivity index (χ0n) is 12.6. The van der Waals surface area contributed by atoms with Crippen LogP contribution in [0.5, 0.6) is 0 Å². The fraction of sp³-hybridized carbons (Fsp3) is 0.429. The van der Waals surface area contributed by atoms with Gasteiger partial charge < -0.3 is 14.3 Å². The van der Waals surface area contributed by atoms with Crippen molar-refractivity contribution >= 4 is 23.7 Å². The molecule has 3 amide bonds. The number of rotatable bonds is 6. The highest BCUT2D eigenvalue weighted by molar-refractivity contribution is 7.99. The maximum Gasteiger partial charge on any atom is 0.321 e. The molecular formula is C14H17N5O3S. The second-order valence-corrected chi connectivity index (χ2v) is 6.22. The molecule has 0 aliphatic heterocycles. The van der Waals surface area contributed by atoms with E-state index in [9.17, 15) is 9.59 Å². The van der Waals surface area contributed by atoms with Gasteiger partial charge in [-0.2, -0.15) is 0 Å². The number of nitrogens with zero attached hydrogens (tertiary/aromatic N) is 3. The third-order valence-electron chi connectivity index (χ3n) is 3.40. The summed E-state index contributed by atoms with van der Waals surface area (Å²) in [5, 5.41) is 13.7. The molecule has 0 saturated heterocycles. The molecule has 0 atom stereocenters. The monoisotopic (exact) mass is 335 g/mol. The van der Waals surface area contributed by atoms with Crippen LogP contribution in [-0.2, 0) is 18.4 Å². The zero-order chi connectivity index (χ0) is 16.2. The molecule has 1 saturated carbocycles. The van der Waals surface area contributed by atoms with Crippen LogP contribution in [0.4, 0.5) is 4.79 Å². The van der Waals surface area contributed by atoms with Gasteiger partial charge in [0.15, 0.2) is 5.16 Å². The fourth-order valence-corrected chi connectivity index (χ4v) is 2.78. The average Bonchev–Trinajstić information content (AvgIpc) is 3.09. The van der Waals surface area contributed by atoms with Crippen molar-refractivity contribution in [2.24, 2.45) is 7.05 Å². The average molecular weight is 335 g/mol. The van der Waals surface area contributed by atoms with Crippen molar-refractivity contribution in [1.82, 2.24) is 25.4 Å². The summed E-state index contributed by atoms with van der Waals surface area (Å²) in [5.74, 6) is 1.80. The molecule has 0 radical (unpaired) electrons. The normalized spacial score (nSPS) is 13.8. The molecule has 8 nitrogen and oxygen atoms in total. The van der Waals surface area contributed by atoms with E-state index in [4.69, 9.17) is 4.42 Å². The van der Waals surface area contributed by atoms with Gasteiger partial charge in [0.25, 0.3) is 0 Å². The van der Waals surface area contributed by atoms with E-state index in [2.05, 4.69) is 20.8 Å². The molecule has 0 bridgehead atoms. The maximum atomic E-state index is 11.8. The predicted molar refractivity (Wildman–Crippen MR) is 82.8 cm³/mol. The molecule has 2 aromatic rings. The first-order valence-electron chi connectivity index (χ1n) is 7.25. The van der Waals surface area contributed by atoms with E-state index >= 15 is 0 Å². The van der Waals surface area contributed by atoms with Crippen LogP contribution in [-0.4, -0.2) is 32.5 Å². The largest absolute Gasteiger partial charge is 0.467 e. The lowest BCUT2D eigenvalue weighted by Crippen LogP contribution is -2.39. The summed E-state index contributed by atoms with van der Waals surface area (Å²) in [4.78, 5) is 23.4. The van der Waals surface area contributed by atoms with Gasteiger partial charge in [-0.25, -0.2) is 4.79 Å². The van der Waals surface area contributed by atoms with Crippen molar-refractivity contribution in [2.45, 2.75) is 30.5 Å². The van der Waals surface area contributed by atoms with Gasteiger partial charge >= 0.3 is 6.03 Å². The van der Waals surface area contributed by atoms with Gasteiger partial charge in [0, 0.05) is 13.0 Å². The number of urea groups is 1. The Hall–Kier alpha value is -2.29. The number of hydrogen-bond donors (Lipinski definition) is 2. The minimum absolute atomic E-state index is 0.102. The van der Waals surface area contributed by atoms with Crippen molar-refractivity contribution in [3.05, 3.63) is 30.0 Å². The van der Waals surface area contributed by atoms with Gasteiger partial charge in [-0.15, -0.1) is 10.2 Å². The lowest BCUT2D eigenvalue weighted by Gasteiger charge is -2.05. The molecule has 0 spiro atoms. The molecule has 9 heteroatoms. The highest BCUT2D eigenvalue weighted by Gasteiger charge is 2.29. The van der Waals surface area contributed by atoms with E-state index in [1.807, 2.05) is 11.6 Å². The first-order valence-corrected chi connectivity index (χ1v) is 8.24. The Kier molecular flexibility index (Phi) is 4.65. The minimum Gasteiger partial charge on any atom is -0.467 e. The highest BCUT2D eigenvalue weighted by atomic mass is 32.2. The van der Waals surface area contributed by atoms with Crippen molar-refractivity contribution < 1.29 is 14.0 Å². The van der Waals surface area contributed by atoms with Crippen molar-refractivity contribution in [3.63, 3.8) is 0 Å². The lowest BCUT2D eigenvalue weighted by atomic mass is 10.4. The second-order valence-electron chi connectivity index (χ2n) is 5.27. The summed E-state index contributed by atoms with van der Waals surface area (Å²) in [5.41, 5.74) is 0. The van der Waals surface area contributed by atoms with Crippen molar-refractivity contribution in [1.29, 1.82) is 0 Å². The summed E-state index contributed by atoms with van der Waals surface area (Å²) in [6.45, 7) is 0.229. The van der Waals surface area contributed by atoms with Crippen LogP contribution in [0.2, 0.25) is 0 Å². The molecule has 3 rings (SSSR count). The molecular weight excluding hydrogens is 318 g/mol. The SMILES string of the molecule is Cn1c(SCC(=O)NC(=O)NCc2ccco2)nnc1C1CC1. The Morgan fingerprint density at radius 2 is 2.26 bits per heavy atom. The van der Waals surface area contributed by atoms with Gasteiger partial charge in [-0.3, -0.25) is 10.1 Å². The van der Waals surface area contributed by atoms with Crippen LogP contribution >= 0.6 is 11.8 Å². The summed E-state index contributed by atoms with van der Waals surface area (Å²) >= 11 is 1.26. The molecule has 122 valence electrons. The van der Waals surface area contributed by atoms with Gasteiger partial charge in [-0.05, 0) is 25.0 Å². The molecule has 2 heterocycles. The number of imide groups is 1. The topological polar surface area (TPSA) is 102 Å². The summed E-state index contributed by atoms with van der Waals surface area (Å²) in [6.07, 6.45) is 3.81. The third kappa shape index (κ3) is 4.13. The fourth-order valence-electron chi connectivity index (χ4n) is 2.07. The molecule has 2 aromatic heterocycles. The summed E-state index contributed by atoms with van der Waals surface area (Å²) in [7, 11) is 1.89. The molecule has 0 unspecified atom stereocenters. The van der Waals surface area contributed by atoms with Crippen LogP contribution in [0.1, 0.15) is 30.3 Å². The molecule has 23 heavy (non-hydrogen) atoms. The van der Waals surface area contributed by atoms with E-state index in [-0.39, 0.29) is 18.2 Å². The zero-order valence-corrected chi connectivity index (χ0v) is 13.4. The van der Waals surface area contributed by atoms with Gasteiger partial charge in [0.05, 0.1) is 18.6 Å². The van der Waals surface area contributed by atoms with E-state index in [1.54, 1.807) is 12.1 Å². The Labute approximate surface area is 137 Å². The number of amides is 3. The molecule has 1 aliphatic rings. The van der Waals surface area contributed by atoms with Crippen molar-refractivity contribution in [2.75, 3.05) is 5.75 Å². The number of nitrogens with one attached hydrogen (secondary N) is 2. The van der Waals surface area contributed by atoms with Crippen LogP contribution in [0.25, 0.3) is 0 Å². The summed E-state index contributed by atoms with van der Waals surface area (Å²) < 4.78 is 6.99. The highest BCUT2D eigenvalue weighted by Crippen LogP contribution is 2.39. The Bertz CT molecular complexity index is 693. The van der Waals surface area contributed by atoms with Crippen LogP contribution in [0.3, 0.4) is 0 Å². The van der Waals surface area contributed by atoms with Crippen LogP contribution in [0, 0.1) is 0 Å². The van der Waals surface area contributed by atoms with Crippen LogP contribution < -0.4 is 10.6 Å². The summed E-state index contributed by atoms with van der Waals surface area (Å²) in [6, 6.07) is 2.92. The molecule has 2 N–H and O–H groups in total. The number of aromatic nitrogens is 3. The number of furan rings is 1. The minimum atomic E-state index is -0.552. The quantitative estimate of drug-likeness (QED) is 0.774. The first-order chi connectivity index (χ1) is 11.1. The van der Waals surface area contributed by atoms with E-state index in [1.165, 1.54) is 18.0 Å². The third-order valence-corrected chi connectivity index (χ3v) is 4.42. The molecule has 1 fully saturated rings. The van der Waals surface area contributed by atoms with Crippen molar-refractivity contribution in [3.8, 4) is 0 Å². The van der Waals surface area contributed by atoms with Gasteiger partial charge in [0.1, 0.15) is 11.6 Å². The second kappa shape index (κ2) is 6.86. The van der Waals surface area contributed by atoms with Gasteiger partial charge in [0.2, 0.25) is 5.91 Å². The molecule has 0 aromatic carbocycles. The smallest absolute Gasteiger partial charge is 0.321 e. The lowest BCUT2D eigenvalue weighted by molar-refractivity contribution is -0.117. The first kappa shape index (κ1) is 15.6. The van der Waals surface area contributed by atoms with Gasteiger partial charge in [-0.1, -0.05) is 11.8 Å². The van der Waals surface area contributed by atoms with E-state index < -0.39 is 6.03 Å². The van der Waals surface area contributed by atoms with Crippen LogP contribution in [0.15, 0.2) is 28.0 Å². The Morgan fingerprint density at radius 1 is 1.43 bits per heavy atom. The number of carbonyl (C=O) groups is 2. The maximum absolute atomic E-state index is 11.8. The number of hydrogen-bond acceptors (Lipinski definition) is 6. The number of thioether (sulfide) groups is 1. The Balaban J connectivity index is 1.41. The van der Waals surface area contributed by atoms with E-state index in [0.717, 1.165) is 18.7 Å². The van der Waals surface area contributed by atoms with E-state index in [0.29, 0.717) is 16.8 Å². The number of carbonyl (C=O) groups excluding carboxylic acids is 2. The molecule has 1 aliphatic carbocycles. The Morgan fingerprint density at radius 3 is 2.96 bits per heavy atom.